The normalized spacial score (nSPS) is 26.6. The molecule has 7 nitrogen and oxygen atoms in total. The summed E-state index contributed by atoms with van der Waals surface area (Å²) in [5, 5.41) is 9.69. The first-order chi connectivity index (χ1) is 14.1. The Balaban J connectivity index is 1.63. The van der Waals surface area contributed by atoms with Crippen LogP contribution in [-0.4, -0.2) is 65.0 Å². The largest absolute Gasteiger partial charge is 0.355 e. The van der Waals surface area contributed by atoms with Crippen LogP contribution in [-0.2, 0) is 0 Å². The van der Waals surface area contributed by atoms with Gasteiger partial charge in [-0.25, -0.2) is 10.0 Å². The molecule has 29 heavy (non-hydrogen) atoms. The Labute approximate surface area is 175 Å². The summed E-state index contributed by atoms with van der Waals surface area (Å²) in [4.78, 5) is 22.1. The van der Waals surface area contributed by atoms with E-state index in [1.165, 1.54) is 0 Å². The van der Waals surface area contributed by atoms with E-state index in [2.05, 4.69) is 22.8 Å². The molecule has 0 radical (unpaired) electrons. The molecule has 0 aromatic carbocycles. The van der Waals surface area contributed by atoms with Crippen LogP contribution in [0, 0.1) is 0 Å². The van der Waals surface area contributed by atoms with Gasteiger partial charge in [-0.15, -0.1) is 0 Å². The number of nitrogens with two attached hydrogens (primary N) is 1. The van der Waals surface area contributed by atoms with Crippen LogP contribution in [0.3, 0.4) is 0 Å². The van der Waals surface area contributed by atoms with E-state index in [0.717, 1.165) is 68.1 Å². The Bertz CT molecular complexity index is 859. The number of amides is 1. The fraction of sp³-hybridized carbons (Fsp3) is 0.476. The summed E-state index contributed by atoms with van der Waals surface area (Å²) in [6.07, 6.45) is 8.04. The molecule has 1 aromatic heterocycles. The minimum atomic E-state index is -0.00644. The van der Waals surface area contributed by atoms with Crippen LogP contribution < -0.4 is 5.73 Å². The molecule has 4 rings (SSSR count). The zero-order valence-corrected chi connectivity index (χ0v) is 17.6. The van der Waals surface area contributed by atoms with Crippen molar-refractivity contribution in [3.8, 4) is 0 Å². The number of nitrogens with zero attached hydrogens (tertiary/aromatic N) is 5. The second-order valence-electron chi connectivity index (χ2n) is 7.83. The molecule has 2 atom stereocenters. The standard InChI is InChI=1S/C21H28N6OS/c1-15-12-27(23-2)19(24-20(15)25-9-6-17(22)13-25)11-18-5-3-4-8-26(18)21(28)16-7-10-29-14-16/h7,10-12,14,17-18H,2-6,8-9,13,22H2,1H3/b19-11-/t17-,18?/m0/s1. The Morgan fingerprint density at radius 2 is 2.24 bits per heavy atom. The summed E-state index contributed by atoms with van der Waals surface area (Å²) in [6, 6.07) is 2.07. The zero-order chi connectivity index (χ0) is 20.4. The number of amidine groups is 1. The quantitative estimate of drug-likeness (QED) is 0.775. The van der Waals surface area contributed by atoms with Crippen molar-refractivity contribution in [1.82, 2.24) is 14.8 Å². The average Bonchev–Trinajstić information content (AvgIpc) is 3.41. The van der Waals surface area contributed by atoms with Gasteiger partial charge in [0, 0.05) is 49.5 Å². The molecule has 2 saturated heterocycles. The van der Waals surface area contributed by atoms with Gasteiger partial charge in [-0.3, -0.25) is 4.79 Å². The van der Waals surface area contributed by atoms with E-state index >= 15 is 0 Å². The van der Waals surface area contributed by atoms with Gasteiger partial charge in [-0.2, -0.15) is 16.4 Å². The lowest BCUT2D eigenvalue weighted by Crippen LogP contribution is -2.43. The first-order valence-electron chi connectivity index (χ1n) is 10.2. The Morgan fingerprint density at radius 1 is 1.38 bits per heavy atom. The van der Waals surface area contributed by atoms with Gasteiger partial charge in [0.1, 0.15) is 5.84 Å². The molecule has 1 amide bonds. The fourth-order valence-corrected chi connectivity index (χ4v) is 4.82. The number of hydrogen-bond donors (Lipinski definition) is 1. The van der Waals surface area contributed by atoms with Crippen molar-refractivity contribution in [2.45, 2.75) is 44.7 Å². The monoisotopic (exact) mass is 412 g/mol. The maximum Gasteiger partial charge on any atom is 0.255 e. The van der Waals surface area contributed by atoms with E-state index < -0.39 is 0 Å². The van der Waals surface area contributed by atoms with E-state index in [1.807, 2.05) is 34.9 Å². The summed E-state index contributed by atoms with van der Waals surface area (Å²) >= 11 is 1.55. The molecule has 8 heteroatoms. The molecule has 1 aromatic rings. The van der Waals surface area contributed by atoms with Gasteiger partial charge in [0.2, 0.25) is 0 Å². The topological polar surface area (TPSA) is 77.5 Å². The third-order valence-corrected chi connectivity index (χ3v) is 6.40. The lowest BCUT2D eigenvalue weighted by molar-refractivity contribution is 0.0662. The number of carbonyl (C=O) groups excluding carboxylic acids is 1. The van der Waals surface area contributed by atoms with Crippen molar-refractivity contribution in [2.24, 2.45) is 15.8 Å². The smallest absolute Gasteiger partial charge is 0.255 e. The second kappa shape index (κ2) is 8.51. The van der Waals surface area contributed by atoms with E-state index in [9.17, 15) is 4.79 Å². The highest BCUT2D eigenvalue weighted by molar-refractivity contribution is 7.08. The molecule has 4 heterocycles. The van der Waals surface area contributed by atoms with Crippen molar-refractivity contribution >= 4 is 29.8 Å². The van der Waals surface area contributed by atoms with Crippen LogP contribution in [0.2, 0.25) is 0 Å². The van der Waals surface area contributed by atoms with Crippen LogP contribution in [0.1, 0.15) is 43.0 Å². The highest BCUT2D eigenvalue weighted by Crippen LogP contribution is 2.27. The predicted molar refractivity (Wildman–Crippen MR) is 118 cm³/mol. The molecule has 3 aliphatic rings. The number of hydrazone groups is 1. The van der Waals surface area contributed by atoms with Gasteiger partial charge in [0.25, 0.3) is 5.91 Å². The molecule has 0 aliphatic carbocycles. The summed E-state index contributed by atoms with van der Waals surface area (Å²) in [6.45, 7) is 8.21. The van der Waals surface area contributed by atoms with Crippen molar-refractivity contribution in [1.29, 1.82) is 0 Å². The van der Waals surface area contributed by atoms with Gasteiger partial charge in [0.15, 0.2) is 5.82 Å². The van der Waals surface area contributed by atoms with Crippen molar-refractivity contribution in [3.05, 3.63) is 46.1 Å². The van der Waals surface area contributed by atoms with Gasteiger partial charge in [0.05, 0.1) is 11.6 Å². The predicted octanol–water partition coefficient (Wildman–Crippen LogP) is 2.85. The molecular formula is C21H28N6OS. The first kappa shape index (κ1) is 19.8. The summed E-state index contributed by atoms with van der Waals surface area (Å²) < 4.78 is 0. The number of likely N-dealkylation sites (tertiary alicyclic amines) is 2. The van der Waals surface area contributed by atoms with Gasteiger partial charge < -0.3 is 15.5 Å². The lowest BCUT2D eigenvalue weighted by atomic mass is 10.0. The zero-order valence-electron chi connectivity index (χ0n) is 16.8. The molecule has 0 spiro atoms. The number of carbonyl (C=O) groups is 1. The van der Waals surface area contributed by atoms with E-state index in [-0.39, 0.29) is 18.0 Å². The van der Waals surface area contributed by atoms with E-state index in [1.54, 1.807) is 16.3 Å². The molecule has 2 fully saturated rings. The molecule has 0 bridgehead atoms. The van der Waals surface area contributed by atoms with E-state index in [4.69, 9.17) is 10.7 Å². The second-order valence-corrected chi connectivity index (χ2v) is 8.61. The van der Waals surface area contributed by atoms with Crippen LogP contribution >= 0.6 is 11.3 Å². The molecule has 1 unspecified atom stereocenters. The van der Waals surface area contributed by atoms with Crippen molar-refractivity contribution < 1.29 is 4.79 Å². The van der Waals surface area contributed by atoms with E-state index in [0.29, 0.717) is 0 Å². The van der Waals surface area contributed by atoms with Gasteiger partial charge in [-0.1, -0.05) is 0 Å². The third-order valence-electron chi connectivity index (χ3n) is 5.72. The highest BCUT2D eigenvalue weighted by Gasteiger charge is 2.30. The number of thiophene rings is 1. The van der Waals surface area contributed by atoms with Crippen molar-refractivity contribution in [3.63, 3.8) is 0 Å². The first-order valence-corrected chi connectivity index (χ1v) is 11.1. The lowest BCUT2D eigenvalue weighted by Gasteiger charge is -2.35. The number of aliphatic imine (C=N–C) groups is 1. The number of piperidine rings is 1. The fourth-order valence-electron chi connectivity index (χ4n) is 4.19. The Hall–Kier alpha value is -2.45. The maximum absolute atomic E-state index is 13.0. The number of hydrogen-bond acceptors (Lipinski definition) is 7. The Morgan fingerprint density at radius 3 is 2.93 bits per heavy atom. The van der Waals surface area contributed by atoms with Crippen molar-refractivity contribution in [2.75, 3.05) is 19.6 Å². The van der Waals surface area contributed by atoms with Gasteiger partial charge >= 0.3 is 0 Å². The van der Waals surface area contributed by atoms with Crippen LogP contribution in [0.15, 0.2) is 50.6 Å². The van der Waals surface area contributed by atoms with Crippen LogP contribution in [0.4, 0.5) is 0 Å². The minimum Gasteiger partial charge on any atom is -0.355 e. The Kier molecular flexibility index (Phi) is 5.82. The van der Waals surface area contributed by atoms with Crippen LogP contribution in [0.5, 0.6) is 0 Å². The third kappa shape index (κ3) is 4.13. The minimum absolute atomic E-state index is 0.00644. The molecule has 154 valence electrons. The molecular weight excluding hydrogens is 384 g/mol. The highest BCUT2D eigenvalue weighted by atomic mass is 32.1. The molecule has 0 saturated carbocycles. The molecule has 2 N–H and O–H groups in total. The maximum atomic E-state index is 13.0. The average molecular weight is 413 g/mol. The van der Waals surface area contributed by atoms with Crippen LogP contribution in [0.25, 0.3) is 0 Å². The number of rotatable bonds is 3. The SMILES string of the molecule is C=NN1C=C(C)C(N2CC[C@H](N)C2)=N/C1=C/C1CCCCN1C(=O)c1ccsc1. The molecule has 3 aliphatic heterocycles. The summed E-state index contributed by atoms with van der Waals surface area (Å²) in [5.41, 5.74) is 7.90. The summed E-state index contributed by atoms with van der Waals surface area (Å²) in [7, 11) is 0. The summed E-state index contributed by atoms with van der Waals surface area (Å²) in [5.74, 6) is 1.75. The van der Waals surface area contributed by atoms with Gasteiger partial charge in [-0.05, 0) is 50.1 Å².